The SMILES string of the molecule is CCOC(=O)c1noc(C2CC2)c1C(=O)c1ccc(F)cc1Cc1ccccc1. The summed E-state index contributed by atoms with van der Waals surface area (Å²) < 4.78 is 24.4. The van der Waals surface area contributed by atoms with E-state index >= 15 is 0 Å². The Hall–Kier alpha value is -3.28. The number of ketones is 1. The molecule has 1 saturated carbocycles. The molecule has 0 radical (unpaired) electrons. The molecule has 1 aliphatic carbocycles. The molecule has 6 heteroatoms. The Morgan fingerprint density at radius 3 is 2.62 bits per heavy atom. The second-order valence-corrected chi connectivity index (χ2v) is 7.06. The standard InChI is InChI=1S/C23H20FNO4/c1-2-28-23(27)20-19(22(29-25-20)15-8-9-15)21(26)18-11-10-17(24)13-16(18)12-14-6-4-3-5-7-14/h3-7,10-11,13,15H,2,8-9,12H2,1H3. The molecule has 1 fully saturated rings. The number of rotatable bonds is 7. The van der Waals surface area contributed by atoms with Crippen LogP contribution in [0.5, 0.6) is 0 Å². The molecule has 3 aromatic rings. The highest BCUT2D eigenvalue weighted by Crippen LogP contribution is 2.43. The molecule has 4 rings (SSSR count). The average molecular weight is 393 g/mol. The summed E-state index contributed by atoms with van der Waals surface area (Å²) in [5.41, 5.74) is 1.83. The number of ether oxygens (including phenoxy) is 1. The van der Waals surface area contributed by atoms with Crippen LogP contribution in [0.2, 0.25) is 0 Å². The van der Waals surface area contributed by atoms with Crippen LogP contribution in [0.25, 0.3) is 0 Å². The molecular formula is C23H20FNO4. The minimum atomic E-state index is -0.696. The highest BCUT2D eigenvalue weighted by atomic mass is 19.1. The van der Waals surface area contributed by atoms with Gasteiger partial charge in [-0.2, -0.15) is 0 Å². The first-order chi connectivity index (χ1) is 14.1. The minimum Gasteiger partial charge on any atom is -0.461 e. The number of hydrogen-bond donors (Lipinski definition) is 0. The molecular weight excluding hydrogens is 373 g/mol. The molecule has 1 aliphatic rings. The topological polar surface area (TPSA) is 69.4 Å². The van der Waals surface area contributed by atoms with Crippen molar-refractivity contribution < 1.29 is 23.2 Å². The molecule has 0 N–H and O–H groups in total. The van der Waals surface area contributed by atoms with Gasteiger partial charge in [-0.15, -0.1) is 0 Å². The Morgan fingerprint density at radius 1 is 1.17 bits per heavy atom. The highest BCUT2D eigenvalue weighted by Gasteiger charge is 2.38. The predicted molar refractivity (Wildman–Crippen MR) is 104 cm³/mol. The second-order valence-electron chi connectivity index (χ2n) is 7.06. The van der Waals surface area contributed by atoms with Gasteiger partial charge in [0, 0.05) is 11.5 Å². The van der Waals surface area contributed by atoms with Gasteiger partial charge in [0.25, 0.3) is 0 Å². The van der Waals surface area contributed by atoms with E-state index in [4.69, 9.17) is 9.26 Å². The Balaban J connectivity index is 1.77. The minimum absolute atomic E-state index is 0.0719. The van der Waals surface area contributed by atoms with Gasteiger partial charge in [0.2, 0.25) is 5.69 Å². The fourth-order valence-corrected chi connectivity index (χ4v) is 3.37. The lowest BCUT2D eigenvalue weighted by Gasteiger charge is -2.10. The van der Waals surface area contributed by atoms with E-state index in [1.165, 1.54) is 18.2 Å². The van der Waals surface area contributed by atoms with Crippen molar-refractivity contribution >= 4 is 11.8 Å². The number of carbonyl (C=O) groups is 2. The van der Waals surface area contributed by atoms with Crippen molar-refractivity contribution in [1.82, 2.24) is 5.16 Å². The van der Waals surface area contributed by atoms with Crippen molar-refractivity contribution in [3.63, 3.8) is 0 Å². The fourth-order valence-electron chi connectivity index (χ4n) is 3.37. The summed E-state index contributed by atoms with van der Waals surface area (Å²) in [5, 5.41) is 3.83. The summed E-state index contributed by atoms with van der Waals surface area (Å²) in [7, 11) is 0. The molecule has 0 amide bonds. The number of esters is 1. The Bertz CT molecular complexity index is 1050. The van der Waals surface area contributed by atoms with Crippen LogP contribution in [-0.4, -0.2) is 23.5 Å². The fraction of sp³-hybridized carbons (Fsp3) is 0.261. The van der Waals surface area contributed by atoms with Crippen molar-refractivity contribution in [2.45, 2.75) is 32.1 Å². The lowest BCUT2D eigenvalue weighted by atomic mass is 9.92. The van der Waals surface area contributed by atoms with Crippen molar-refractivity contribution in [2.24, 2.45) is 0 Å². The van der Waals surface area contributed by atoms with Crippen LogP contribution >= 0.6 is 0 Å². The van der Waals surface area contributed by atoms with E-state index in [0.29, 0.717) is 23.3 Å². The summed E-state index contributed by atoms with van der Waals surface area (Å²) in [6, 6.07) is 13.6. The van der Waals surface area contributed by atoms with Crippen LogP contribution in [0.1, 0.15) is 69.0 Å². The molecule has 1 aromatic heterocycles. The number of benzene rings is 2. The summed E-state index contributed by atoms with van der Waals surface area (Å²) in [6.45, 7) is 1.84. The third-order valence-electron chi connectivity index (χ3n) is 4.91. The Kier molecular flexibility index (Phi) is 5.25. The van der Waals surface area contributed by atoms with Gasteiger partial charge >= 0.3 is 5.97 Å². The summed E-state index contributed by atoms with van der Waals surface area (Å²) in [4.78, 5) is 25.8. The van der Waals surface area contributed by atoms with Crippen LogP contribution in [-0.2, 0) is 11.2 Å². The Morgan fingerprint density at radius 2 is 1.93 bits per heavy atom. The molecule has 2 aromatic carbocycles. The van der Waals surface area contributed by atoms with E-state index in [1.54, 1.807) is 6.92 Å². The van der Waals surface area contributed by atoms with E-state index in [9.17, 15) is 14.0 Å². The molecule has 5 nitrogen and oxygen atoms in total. The summed E-state index contributed by atoms with van der Waals surface area (Å²) in [5.74, 6) is -1.04. The molecule has 1 heterocycles. The maximum atomic E-state index is 14.0. The zero-order valence-corrected chi connectivity index (χ0v) is 16.0. The van der Waals surface area contributed by atoms with Crippen molar-refractivity contribution in [2.75, 3.05) is 6.61 Å². The van der Waals surface area contributed by atoms with Crippen LogP contribution in [0.15, 0.2) is 53.1 Å². The van der Waals surface area contributed by atoms with E-state index in [2.05, 4.69) is 5.16 Å². The summed E-state index contributed by atoms with van der Waals surface area (Å²) >= 11 is 0. The van der Waals surface area contributed by atoms with E-state index in [-0.39, 0.29) is 23.8 Å². The van der Waals surface area contributed by atoms with Gasteiger partial charge in [-0.25, -0.2) is 9.18 Å². The van der Waals surface area contributed by atoms with Gasteiger partial charge in [-0.1, -0.05) is 35.5 Å². The zero-order chi connectivity index (χ0) is 20.4. The monoisotopic (exact) mass is 393 g/mol. The second kappa shape index (κ2) is 7.99. The van der Waals surface area contributed by atoms with Crippen molar-refractivity contribution in [1.29, 1.82) is 0 Å². The van der Waals surface area contributed by atoms with Crippen molar-refractivity contribution in [3.8, 4) is 0 Å². The average Bonchev–Trinajstić information content (AvgIpc) is 3.46. The number of hydrogen-bond acceptors (Lipinski definition) is 5. The molecule has 0 atom stereocenters. The number of carbonyl (C=O) groups excluding carboxylic acids is 2. The molecule has 29 heavy (non-hydrogen) atoms. The quantitative estimate of drug-likeness (QED) is 0.430. The van der Waals surface area contributed by atoms with Crippen LogP contribution in [0.4, 0.5) is 4.39 Å². The molecule has 0 bridgehead atoms. The predicted octanol–water partition coefficient (Wildman–Crippen LogP) is 4.69. The molecule has 0 spiro atoms. The summed E-state index contributed by atoms with van der Waals surface area (Å²) in [6.07, 6.45) is 2.13. The highest BCUT2D eigenvalue weighted by molar-refractivity contribution is 6.15. The van der Waals surface area contributed by atoms with Gasteiger partial charge in [-0.05, 0) is 55.5 Å². The van der Waals surface area contributed by atoms with Gasteiger partial charge < -0.3 is 9.26 Å². The van der Waals surface area contributed by atoms with Crippen LogP contribution in [0, 0.1) is 5.82 Å². The first-order valence-corrected chi connectivity index (χ1v) is 9.62. The first-order valence-electron chi connectivity index (χ1n) is 9.62. The zero-order valence-electron chi connectivity index (χ0n) is 16.0. The van der Waals surface area contributed by atoms with Gasteiger partial charge in [0.15, 0.2) is 11.5 Å². The van der Waals surface area contributed by atoms with E-state index in [1.807, 2.05) is 30.3 Å². The molecule has 0 aliphatic heterocycles. The number of aromatic nitrogens is 1. The largest absolute Gasteiger partial charge is 0.461 e. The molecule has 0 saturated heterocycles. The maximum absolute atomic E-state index is 14.0. The number of halogens is 1. The maximum Gasteiger partial charge on any atom is 0.361 e. The van der Waals surface area contributed by atoms with Crippen LogP contribution in [0.3, 0.4) is 0 Å². The van der Waals surface area contributed by atoms with Gasteiger partial charge in [-0.3, -0.25) is 4.79 Å². The lowest BCUT2D eigenvalue weighted by molar-refractivity contribution is 0.0512. The molecule has 148 valence electrons. The molecule has 0 unspecified atom stereocenters. The third-order valence-corrected chi connectivity index (χ3v) is 4.91. The third kappa shape index (κ3) is 3.97. The van der Waals surface area contributed by atoms with Crippen molar-refractivity contribution in [3.05, 3.63) is 88.1 Å². The van der Waals surface area contributed by atoms with Gasteiger partial charge in [0.1, 0.15) is 11.4 Å². The lowest BCUT2D eigenvalue weighted by Crippen LogP contribution is -2.14. The van der Waals surface area contributed by atoms with E-state index < -0.39 is 17.6 Å². The number of nitrogens with zero attached hydrogens (tertiary/aromatic N) is 1. The smallest absolute Gasteiger partial charge is 0.361 e. The van der Waals surface area contributed by atoms with Crippen LogP contribution < -0.4 is 0 Å². The van der Waals surface area contributed by atoms with Gasteiger partial charge in [0.05, 0.1) is 6.61 Å². The first kappa shape index (κ1) is 19.1. The Labute approximate surface area is 167 Å². The normalized spacial score (nSPS) is 13.3. The van der Waals surface area contributed by atoms with E-state index in [0.717, 1.165) is 18.4 Å².